The smallest absolute Gasteiger partial charge is 0.164 e. The predicted molar refractivity (Wildman–Crippen MR) is 212 cm³/mol. The fourth-order valence-electron chi connectivity index (χ4n) is 7.74. The van der Waals surface area contributed by atoms with Crippen molar-refractivity contribution in [1.82, 2.24) is 28.9 Å². The normalized spacial score (nSPS) is 11.8. The summed E-state index contributed by atoms with van der Waals surface area (Å²) in [6.07, 6.45) is 0. The highest BCUT2D eigenvalue weighted by molar-refractivity contribution is 6.20. The standard InChI is InChI=1S/C46H28N6/c1-3-13-29(14-4-1)43-48-44(30-15-5-2-6-16-30)50-45(49-43)31-23-25-32(26-24-31)51-39-21-11-9-18-34(39)37-28-42-36(27-41(37)51)33-17-7-8-19-35(33)46-47-38-20-10-12-22-40(38)52(42)46/h1-28H. The van der Waals surface area contributed by atoms with E-state index in [4.69, 9.17) is 19.9 Å². The van der Waals surface area contributed by atoms with Crippen LogP contribution < -0.4 is 0 Å². The fourth-order valence-corrected chi connectivity index (χ4v) is 7.74. The number of fused-ring (bicyclic) bond motifs is 11. The summed E-state index contributed by atoms with van der Waals surface area (Å²) in [7, 11) is 0. The summed E-state index contributed by atoms with van der Waals surface area (Å²) in [4.78, 5) is 19.9. The Kier molecular flexibility index (Phi) is 6.15. The number of benzene rings is 7. The summed E-state index contributed by atoms with van der Waals surface area (Å²) in [5.41, 5.74) is 10.4. The molecule has 0 bridgehead atoms. The molecule has 0 aliphatic rings. The number of hydrogen-bond donors (Lipinski definition) is 0. The Morgan fingerprint density at radius 1 is 0.327 bits per heavy atom. The maximum Gasteiger partial charge on any atom is 0.164 e. The van der Waals surface area contributed by atoms with Gasteiger partial charge >= 0.3 is 0 Å². The number of aromatic nitrogens is 6. The lowest BCUT2D eigenvalue weighted by atomic mass is 10.0. The molecule has 0 unspecified atom stereocenters. The Labute approximate surface area is 297 Å². The van der Waals surface area contributed by atoms with Crippen molar-refractivity contribution in [3.63, 3.8) is 0 Å². The Morgan fingerprint density at radius 2 is 0.827 bits per heavy atom. The molecule has 52 heavy (non-hydrogen) atoms. The maximum atomic E-state index is 5.11. The molecule has 4 aromatic heterocycles. The first-order valence-electron chi connectivity index (χ1n) is 17.4. The van der Waals surface area contributed by atoms with Crippen LogP contribution >= 0.6 is 0 Å². The van der Waals surface area contributed by atoms with Crippen molar-refractivity contribution in [2.24, 2.45) is 0 Å². The molecule has 4 heterocycles. The van der Waals surface area contributed by atoms with Crippen molar-refractivity contribution in [1.29, 1.82) is 0 Å². The second-order valence-corrected chi connectivity index (χ2v) is 13.1. The number of para-hydroxylation sites is 3. The highest BCUT2D eigenvalue weighted by Gasteiger charge is 2.19. The van der Waals surface area contributed by atoms with Gasteiger partial charge < -0.3 is 4.57 Å². The minimum atomic E-state index is 0.635. The number of imidazole rings is 1. The first-order chi connectivity index (χ1) is 25.8. The lowest BCUT2D eigenvalue weighted by Gasteiger charge is -2.12. The lowest BCUT2D eigenvalue weighted by molar-refractivity contribution is 1.07. The zero-order chi connectivity index (χ0) is 34.2. The van der Waals surface area contributed by atoms with Gasteiger partial charge in [-0.05, 0) is 60.0 Å². The van der Waals surface area contributed by atoms with Gasteiger partial charge in [-0.25, -0.2) is 19.9 Å². The summed E-state index contributed by atoms with van der Waals surface area (Å²) < 4.78 is 4.70. The Morgan fingerprint density at radius 3 is 1.50 bits per heavy atom. The number of pyridine rings is 1. The van der Waals surface area contributed by atoms with Crippen LogP contribution in [0.3, 0.4) is 0 Å². The van der Waals surface area contributed by atoms with E-state index in [0.717, 1.165) is 61.0 Å². The number of rotatable bonds is 4. The molecule has 11 rings (SSSR count). The van der Waals surface area contributed by atoms with Crippen molar-refractivity contribution in [2.45, 2.75) is 0 Å². The van der Waals surface area contributed by atoms with Crippen LogP contribution in [-0.4, -0.2) is 28.9 Å². The van der Waals surface area contributed by atoms with Crippen LogP contribution in [0.25, 0.3) is 100 Å². The van der Waals surface area contributed by atoms with E-state index < -0.39 is 0 Å². The molecule has 0 fully saturated rings. The largest absolute Gasteiger partial charge is 0.309 e. The molecule has 0 spiro atoms. The Balaban J connectivity index is 1.13. The van der Waals surface area contributed by atoms with Gasteiger partial charge in [0, 0.05) is 43.9 Å². The van der Waals surface area contributed by atoms with Gasteiger partial charge in [-0.1, -0.05) is 115 Å². The zero-order valence-electron chi connectivity index (χ0n) is 27.8. The third-order valence-corrected chi connectivity index (χ3v) is 10.1. The van der Waals surface area contributed by atoms with Crippen LogP contribution in [0.2, 0.25) is 0 Å². The summed E-state index contributed by atoms with van der Waals surface area (Å²) >= 11 is 0. The first-order valence-corrected chi connectivity index (χ1v) is 17.4. The molecule has 6 heteroatoms. The monoisotopic (exact) mass is 664 g/mol. The molecule has 0 saturated carbocycles. The van der Waals surface area contributed by atoms with Crippen LogP contribution in [0.1, 0.15) is 0 Å². The van der Waals surface area contributed by atoms with E-state index >= 15 is 0 Å². The molecule has 0 N–H and O–H groups in total. The zero-order valence-corrected chi connectivity index (χ0v) is 27.8. The van der Waals surface area contributed by atoms with Gasteiger partial charge in [0.25, 0.3) is 0 Å². The molecular weight excluding hydrogens is 637 g/mol. The van der Waals surface area contributed by atoms with Crippen molar-refractivity contribution >= 4 is 60.2 Å². The van der Waals surface area contributed by atoms with Crippen LogP contribution in [0.15, 0.2) is 170 Å². The van der Waals surface area contributed by atoms with Crippen LogP contribution in [0.5, 0.6) is 0 Å². The number of hydrogen-bond acceptors (Lipinski definition) is 4. The van der Waals surface area contributed by atoms with Gasteiger partial charge in [-0.3, -0.25) is 4.40 Å². The van der Waals surface area contributed by atoms with Crippen LogP contribution in [0, 0.1) is 0 Å². The summed E-state index contributed by atoms with van der Waals surface area (Å²) in [6.45, 7) is 0. The topological polar surface area (TPSA) is 60.9 Å². The van der Waals surface area contributed by atoms with Gasteiger partial charge in [-0.2, -0.15) is 0 Å². The van der Waals surface area contributed by atoms with E-state index in [2.05, 4.69) is 118 Å². The van der Waals surface area contributed by atoms with E-state index in [0.29, 0.717) is 17.5 Å². The first kappa shape index (κ1) is 28.6. The highest BCUT2D eigenvalue weighted by atomic mass is 15.0. The van der Waals surface area contributed by atoms with E-state index in [9.17, 15) is 0 Å². The summed E-state index contributed by atoms with van der Waals surface area (Å²) in [6, 6.07) is 59.2. The van der Waals surface area contributed by atoms with Gasteiger partial charge in [0.15, 0.2) is 17.5 Å². The molecule has 11 aromatic rings. The van der Waals surface area contributed by atoms with Gasteiger partial charge in [-0.15, -0.1) is 0 Å². The van der Waals surface area contributed by atoms with Crippen molar-refractivity contribution < 1.29 is 0 Å². The molecule has 6 nitrogen and oxygen atoms in total. The number of nitrogens with zero attached hydrogens (tertiary/aromatic N) is 6. The van der Waals surface area contributed by atoms with Crippen molar-refractivity contribution in [3.05, 3.63) is 170 Å². The third-order valence-electron chi connectivity index (χ3n) is 10.1. The predicted octanol–water partition coefficient (Wildman–Crippen LogP) is 11.1. The van der Waals surface area contributed by atoms with E-state index in [-0.39, 0.29) is 0 Å². The molecule has 0 aliphatic carbocycles. The lowest BCUT2D eigenvalue weighted by Crippen LogP contribution is -2.00. The minimum Gasteiger partial charge on any atom is -0.309 e. The van der Waals surface area contributed by atoms with Crippen LogP contribution in [0.4, 0.5) is 0 Å². The molecule has 0 aliphatic heterocycles. The summed E-state index contributed by atoms with van der Waals surface area (Å²) in [5, 5.41) is 5.91. The van der Waals surface area contributed by atoms with Gasteiger partial charge in [0.05, 0.1) is 27.6 Å². The average molecular weight is 665 g/mol. The Bertz CT molecular complexity index is 3100. The highest BCUT2D eigenvalue weighted by Crippen LogP contribution is 2.39. The van der Waals surface area contributed by atoms with Crippen molar-refractivity contribution in [2.75, 3.05) is 0 Å². The fraction of sp³-hybridized carbons (Fsp3) is 0. The SMILES string of the molecule is c1ccc(-c2nc(-c3ccccc3)nc(-c3ccc(-n4c5ccccc5c5cc6c(cc54)c4ccccc4c4nc5ccccc5n64)cc3)n2)cc1. The van der Waals surface area contributed by atoms with E-state index in [1.54, 1.807) is 0 Å². The van der Waals surface area contributed by atoms with Gasteiger partial charge in [0.2, 0.25) is 0 Å². The van der Waals surface area contributed by atoms with Crippen molar-refractivity contribution in [3.8, 4) is 39.9 Å². The molecule has 0 radical (unpaired) electrons. The maximum absolute atomic E-state index is 5.11. The summed E-state index contributed by atoms with van der Waals surface area (Å²) in [5.74, 6) is 1.93. The second kappa shape index (κ2) is 11.2. The van der Waals surface area contributed by atoms with E-state index in [1.165, 1.54) is 21.5 Å². The molecule has 0 saturated heterocycles. The molecular formula is C46H28N6. The third kappa shape index (κ3) is 4.31. The molecule has 7 aromatic carbocycles. The molecule has 0 amide bonds. The molecule has 242 valence electrons. The van der Waals surface area contributed by atoms with Gasteiger partial charge in [0.1, 0.15) is 5.65 Å². The second-order valence-electron chi connectivity index (χ2n) is 13.1. The quantitative estimate of drug-likeness (QED) is 0.176. The molecule has 0 atom stereocenters. The average Bonchev–Trinajstić information content (AvgIpc) is 3.77. The van der Waals surface area contributed by atoms with E-state index in [1.807, 2.05) is 60.7 Å². The Hall–Kier alpha value is -7.18. The van der Waals surface area contributed by atoms with Crippen LogP contribution in [-0.2, 0) is 0 Å². The minimum absolute atomic E-state index is 0.635.